The molecule has 1 aromatic heterocycles. The first-order valence-corrected chi connectivity index (χ1v) is 5.91. The standard InChI is InChI=1S/C11H9ClFN3S/c12-9-6(14)5-7(15)11(10(9)13)17-8-3-1-2-4-16-8/h1-5H,14-15H2. The molecular weight excluding hydrogens is 261 g/mol. The summed E-state index contributed by atoms with van der Waals surface area (Å²) in [5.74, 6) is -0.611. The number of pyridine rings is 1. The molecule has 1 aromatic carbocycles. The van der Waals surface area contributed by atoms with Crippen molar-refractivity contribution >= 4 is 34.7 Å². The highest BCUT2D eigenvalue weighted by molar-refractivity contribution is 7.99. The van der Waals surface area contributed by atoms with Gasteiger partial charge >= 0.3 is 0 Å². The summed E-state index contributed by atoms with van der Waals surface area (Å²) in [6.07, 6.45) is 1.62. The van der Waals surface area contributed by atoms with E-state index in [0.29, 0.717) is 5.03 Å². The molecular formula is C11H9ClFN3S. The summed E-state index contributed by atoms with van der Waals surface area (Å²) in [6.45, 7) is 0. The fourth-order valence-corrected chi connectivity index (χ4v) is 2.31. The van der Waals surface area contributed by atoms with Crippen molar-refractivity contribution in [2.75, 3.05) is 11.5 Å². The lowest BCUT2D eigenvalue weighted by Gasteiger charge is -2.09. The van der Waals surface area contributed by atoms with Gasteiger partial charge in [0.15, 0.2) is 5.82 Å². The SMILES string of the molecule is Nc1cc(N)c(Sc2ccccn2)c(F)c1Cl. The summed E-state index contributed by atoms with van der Waals surface area (Å²) < 4.78 is 13.9. The first kappa shape index (κ1) is 12.0. The summed E-state index contributed by atoms with van der Waals surface area (Å²) in [5.41, 5.74) is 11.6. The van der Waals surface area contributed by atoms with Crippen molar-refractivity contribution in [3.8, 4) is 0 Å². The maximum atomic E-state index is 13.9. The van der Waals surface area contributed by atoms with Gasteiger partial charge in [-0.2, -0.15) is 0 Å². The molecule has 0 aliphatic rings. The first-order chi connectivity index (χ1) is 8.09. The molecule has 2 rings (SSSR count). The number of nitrogens with zero attached hydrogens (tertiary/aromatic N) is 1. The molecule has 0 radical (unpaired) electrons. The van der Waals surface area contributed by atoms with Gasteiger partial charge in [-0.25, -0.2) is 9.37 Å². The number of halogens is 2. The Morgan fingerprint density at radius 3 is 2.65 bits per heavy atom. The summed E-state index contributed by atoms with van der Waals surface area (Å²) in [5, 5.41) is 0.525. The van der Waals surface area contributed by atoms with E-state index < -0.39 is 5.82 Å². The van der Waals surface area contributed by atoms with Gasteiger partial charge in [-0.15, -0.1) is 0 Å². The van der Waals surface area contributed by atoms with Crippen molar-refractivity contribution in [1.82, 2.24) is 4.98 Å². The molecule has 2 aromatic rings. The highest BCUT2D eigenvalue weighted by Gasteiger charge is 2.15. The molecule has 1 heterocycles. The number of benzene rings is 1. The topological polar surface area (TPSA) is 64.9 Å². The van der Waals surface area contributed by atoms with E-state index in [9.17, 15) is 4.39 Å². The highest BCUT2D eigenvalue weighted by atomic mass is 35.5. The number of anilines is 2. The van der Waals surface area contributed by atoms with Crippen LogP contribution in [0.1, 0.15) is 0 Å². The number of hydrogen-bond donors (Lipinski definition) is 2. The van der Waals surface area contributed by atoms with Gasteiger partial charge in [0, 0.05) is 6.20 Å². The van der Waals surface area contributed by atoms with Gasteiger partial charge in [-0.3, -0.25) is 0 Å². The van der Waals surface area contributed by atoms with Crippen LogP contribution in [0.4, 0.5) is 15.8 Å². The van der Waals surface area contributed by atoms with Crippen LogP contribution in [0, 0.1) is 5.82 Å². The van der Waals surface area contributed by atoms with Crippen LogP contribution in [0.15, 0.2) is 40.4 Å². The second-order valence-electron chi connectivity index (χ2n) is 3.28. The predicted octanol–water partition coefficient (Wildman–Crippen LogP) is 3.19. The van der Waals surface area contributed by atoms with E-state index >= 15 is 0 Å². The summed E-state index contributed by atoms with van der Waals surface area (Å²) in [4.78, 5) is 4.31. The second-order valence-corrected chi connectivity index (χ2v) is 4.69. The van der Waals surface area contributed by atoms with Gasteiger partial charge in [0.2, 0.25) is 0 Å². The lowest BCUT2D eigenvalue weighted by atomic mass is 10.3. The van der Waals surface area contributed by atoms with Crippen molar-refractivity contribution in [3.63, 3.8) is 0 Å². The first-order valence-electron chi connectivity index (χ1n) is 4.71. The smallest absolute Gasteiger partial charge is 0.159 e. The van der Waals surface area contributed by atoms with E-state index in [1.165, 1.54) is 6.07 Å². The number of nitrogen functional groups attached to an aromatic ring is 2. The largest absolute Gasteiger partial charge is 0.398 e. The molecule has 0 spiro atoms. The molecule has 0 saturated heterocycles. The third-order valence-electron chi connectivity index (χ3n) is 2.06. The van der Waals surface area contributed by atoms with Crippen molar-refractivity contribution in [1.29, 1.82) is 0 Å². The Morgan fingerprint density at radius 1 is 1.24 bits per heavy atom. The molecule has 3 nitrogen and oxygen atoms in total. The summed E-state index contributed by atoms with van der Waals surface area (Å²) in [7, 11) is 0. The monoisotopic (exact) mass is 269 g/mol. The molecule has 4 N–H and O–H groups in total. The van der Waals surface area contributed by atoms with Crippen molar-refractivity contribution in [2.24, 2.45) is 0 Å². The maximum absolute atomic E-state index is 13.9. The second kappa shape index (κ2) is 4.81. The van der Waals surface area contributed by atoms with Crippen molar-refractivity contribution < 1.29 is 4.39 Å². The van der Waals surface area contributed by atoms with Gasteiger partial charge in [0.1, 0.15) is 10.0 Å². The molecule has 0 aliphatic heterocycles. The van der Waals surface area contributed by atoms with Crippen LogP contribution in [0.5, 0.6) is 0 Å². The molecule has 0 fully saturated rings. The minimum Gasteiger partial charge on any atom is -0.398 e. The van der Waals surface area contributed by atoms with E-state index in [-0.39, 0.29) is 21.3 Å². The zero-order valence-corrected chi connectivity index (χ0v) is 10.2. The molecule has 17 heavy (non-hydrogen) atoms. The van der Waals surface area contributed by atoms with Gasteiger partial charge in [0.25, 0.3) is 0 Å². The minimum atomic E-state index is -0.611. The van der Waals surface area contributed by atoms with E-state index in [1.54, 1.807) is 18.3 Å². The van der Waals surface area contributed by atoms with E-state index in [1.807, 2.05) is 6.07 Å². The highest BCUT2D eigenvalue weighted by Crippen LogP contribution is 2.38. The van der Waals surface area contributed by atoms with Gasteiger partial charge in [-0.05, 0) is 18.2 Å². The number of aromatic nitrogens is 1. The van der Waals surface area contributed by atoms with Gasteiger partial charge < -0.3 is 11.5 Å². The lowest BCUT2D eigenvalue weighted by Crippen LogP contribution is -1.98. The Balaban J connectivity index is 2.43. The Kier molecular flexibility index (Phi) is 3.40. The van der Waals surface area contributed by atoms with Crippen LogP contribution in [0.25, 0.3) is 0 Å². The zero-order valence-electron chi connectivity index (χ0n) is 8.65. The van der Waals surface area contributed by atoms with Gasteiger partial charge in [-0.1, -0.05) is 29.4 Å². The molecule has 0 saturated carbocycles. The minimum absolute atomic E-state index is 0.113. The fourth-order valence-electron chi connectivity index (χ4n) is 1.27. The normalized spacial score (nSPS) is 10.5. The Labute approximate surface area is 107 Å². The molecule has 88 valence electrons. The van der Waals surface area contributed by atoms with Gasteiger partial charge in [0.05, 0.1) is 16.3 Å². The summed E-state index contributed by atoms with van der Waals surface area (Å²) in [6, 6.07) is 6.78. The third-order valence-corrected chi connectivity index (χ3v) is 3.52. The van der Waals surface area contributed by atoms with E-state index in [2.05, 4.69) is 4.98 Å². The molecule has 0 unspecified atom stereocenters. The van der Waals surface area contributed by atoms with Crippen LogP contribution >= 0.6 is 23.4 Å². The van der Waals surface area contributed by atoms with Crippen LogP contribution in [-0.4, -0.2) is 4.98 Å². The summed E-state index contributed by atoms with van der Waals surface area (Å²) >= 11 is 6.84. The molecule has 6 heteroatoms. The lowest BCUT2D eigenvalue weighted by molar-refractivity contribution is 0.604. The van der Waals surface area contributed by atoms with Crippen LogP contribution in [0.2, 0.25) is 5.02 Å². The van der Waals surface area contributed by atoms with Crippen LogP contribution in [-0.2, 0) is 0 Å². The Bertz CT molecular complexity index is 548. The van der Waals surface area contributed by atoms with Crippen LogP contribution < -0.4 is 11.5 Å². The predicted molar refractivity (Wildman–Crippen MR) is 68.6 cm³/mol. The molecule has 0 atom stereocenters. The fraction of sp³-hybridized carbons (Fsp3) is 0. The Morgan fingerprint density at radius 2 is 2.00 bits per heavy atom. The molecule has 0 bridgehead atoms. The average Bonchev–Trinajstić information content (AvgIpc) is 2.33. The molecule has 0 amide bonds. The third kappa shape index (κ3) is 2.45. The molecule has 0 aliphatic carbocycles. The maximum Gasteiger partial charge on any atom is 0.159 e. The average molecular weight is 270 g/mol. The zero-order chi connectivity index (χ0) is 12.4. The quantitative estimate of drug-likeness (QED) is 0.822. The van der Waals surface area contributed by atoms with Crippen molar-refractivity contribution in [3.05, 3.63) is 41.3 Å². The number of nitrogens with two attached hydrogens (primary N) is 2. The Hall–Kier alpha value is -1.46. The van der Waals surface area contributed by atoms with E-state index in [0.717, 1.165) is 11.8 Å². The van der Waals surface area contributed by atoms with E-state index in [4.69, 9.17) is 23.1 Å². The van der Waals surface area contributed by atoms with Crippen LogP contribution in [0.3, 0.4) is 0 Å². The number of rotatable bonds is 2. The number of hydrogen-bond acceptors (Lipinski definition) is 4. The van der Waals surface area contributed by atoms with Crippen molar-refractivity contribution in [2.45, 2.75) is 9.92 Å².